The molecule has 2 rings (SSSR count). The number of aromatic nitrogens is 2. The Morgan fingerprint density at radius 3 is 3.00 bits per heavy atom. The summed E-state index contributed by atoms with van der Waals surface area (Å²) < 4.78 is 6.53. The maximum Gasteiger partial charge on any atom is 0.358 e. The van der Waals surface area contributed by atoms with Gasteiger partial charge in [-0.2, -0.15) is 5.10 Å². The van der Waals surface area contributed by atoms with E-state index in [-0.39, 0.29) is 5.97 Å². The van der Waals surface area contributed by atoms with Crippen LogP contribution in [0, 0.1) is 5.92 Å². The molecule has 0 saturated heterocycles. The van der Waals surface area contributed by atoms with Gasteiger partial charge in [0, 0.05) is 7.05 Å². The van der Waals surface area contributed by atoms with Gasteiger partial charge in [-0.25, -0.2) is 4.79 Å². The first kappa shape index (κ1) is 9.05. The third-order valence-corrected chi connectivity index (χ3v) is 2.31. The summed E-state index contributed by atoms with van der Waals surface area (Å²) in [6.45, 7) is 0.503. The van der Waals surface area contributed by atoms with Crippen LogP contribution in [0.5, 0.6) is 0 Å². The number of ether oxygens (including phenoxy) is 1. The predicted molar refractivity (Wildman–Crippen MR) is 50.6 cm³/mol. The van der Waals surface area contributed by atoms with Gasteiger partial charge in [-0.15, -0.1) is 0 Å². The molecule has 0 aromatic carbocycles. The van der Waals surface area contributed by atoms with Gasteiger partial charge in [-0.1, -0.05) is 0 Å². The molecule has 2 N–H and O–H groups in total. The lowest BCUT2D eigenvalue weighted by molar-refractivity contribution is 0.0474. The Balaban J connectivity index is 2.01. The second-order valence-corrected chi connectivity index (χ2v) is 3.61. The molecule has 1 aromatic rings. The second kappa shape index (κ2) is 3.32. The fraction of sp³-hybridized carbons (Fsp3) is 0.556. The summed E-state index contributed by atoms with van der Waals surface area (Å²) in [5, 5.41) is 3.87. The molecule has 1 aliphatic carbocycles. The van der Waals surface area contributed by atoms with Gasteiger partial charge in [0.15, 0.2) is 5.69 Å². The quantitative estimate of drug-likeness (QED) is 0.716. The minimum Gasteiger partial charge on any atom is -0.461 e. The highest BCUT2D eigenvalue weighted by atomic mass is 16.5. The van der Waals surface area contributed by atoms with Crippen LogP contribution in [0.1, 0.15) is 23.3 Å². The van der Waals surface area contributed by atoms with Crippen LogP contribution < -0.4 is 5.73 Å². The molecule has 0 atom stereocenters. The predicted octanol–water partition coefficient (Wildman–Crippen LogP) is 0.569. The molecule has 1 aliphatic rings. The highest BCUT2D eigenvalue weighted by Crippen LogP contribution is 2.29. The molecule has 0 amide bonds. The number of nitrogen functional groups attached to an aromatic ring is 1. The average Bonchev–Trinajstić information content (AvgIpc) is 2.90. The minimum atomic E-state index is -0.380. The van der Waals surface area contributed by atoms with Crippen LogP contribution in [0.3, 0.4) is 0 Å². The van der Waals surface area contributed by atoms with Crippen molar-refractivity contribution in [1.29, 1.82) is 0 Å². The van der Waals surface area contributed by atoms with Crippen LogP contribution >= 0.6 is 0 Å². The Bertz CT molecular complexity index is 335. The molecule has 0 aliphatic heterocycles. The maximum absolute atomic E-state index is 11.5. The van der Waals surface area contributed by atoms with E-state index in [0.29, 0.717) is 23.9 Å². The van der Waals surface area contributed by atoms with Crippen molar-refractivity contribution in [3.8, 4) is 0 Å². The first-order chi connectivity index (χ1) is 6.68. The molecule has 5 heteroatoms. The topological polar surface area (TPSA) is 70.1 Å². The zero-order valence-electron chi connectivity index (χ0n) is 8.06. The number of nitrogens with zero attached hydrogens (tertiary/aromatic N) is 2. The lowest BCUT2D eigenvalue weighted by Crippen LogP contribution is -2.13. The Labute approximate surface area is 81.8 Å². The summed E-state index contributed by atoms with van der Waals surface area (Å²) >= 11 is 0. The molecule has 0 spiro atoms. The van der Waals surface area contributed by atoms with Gasteiger partial charge in [0.2, 0.25) is 0 Å². The van der Waals surface area contributed by atoms with Gasteiger partial charge in [-0.05, 0) is 18.8 Å². The van der Waals surface area contributed by atoms with Crippen molar-refractivity contribution in [3.05, 3.63) is 11.9 Å². The van der Waals surface area contributed by atoms with Crippen molar-refractivity contribution in [1.82, 2.24) is 9.78 Å². The third-order valence-electron chi connectivity index (χ3n) is 2.31. The van der Waals surface area contributed by atoms with E-state index in [4.69, 9.17) is 10.5 Å². The lowest BCUT2D eigenvalue weighted by atomic mass is 10.4. The Morgan fingerprint density at radius 1 is 1.79 bits per heavy atom. The smallest absolute Gasteiger partial charge is 0.358 e. The number of nitrogens with two attached hydrogens (primary N) is 1. The number of hydrogen-bond acceptors (Lipinski definition) is 4. The largest absolute Gasteiger partial charge is 0.461 e. The van der Waals surface area contributed by atoms with Gasteiger partial charge in [-0.3, -0.25) is 4.68 Å². The van der Waals surface area contributed by atoms with E-state index < -0.39 is 0 Å². The molecule has 76 valence electrons. The molecule has 0 radical (unpaired) electrons. The zero-order valence-corrected chi connectivity index (χ0v) is 8.06. The Morgan fingerprint density at radius 2 is 2.50 bits per heavy atom. The number of carbonyl (C=O) groups is 1. The monoisotopic (exact) mass is 195 g/mol. The first-order valence-electron chi connectivity index (χ1n) is 4.63. The molecular formula is C9H13N3O2. The van der Waals surface area contributed by atoms with E-state index in [1.807, 2.05) is 0 Å². The van der Waals surface area contributed by atoms with Crippen LogP contribution in [0.25, 0.3) is 0 Å². The molecule has 0 bridgehead atoms. The summed E-state index contributed by atoms with van der Waals surface area (Å²) in [6.07, 6.45) is 3.77. The minimum absolute atomic E-state index is 0.339. The van der Waals surface area contributed by atoms with E-state index in [9.17, 15) is 4.79 Å². The number of rotatable bonds is 3. The fourth-order valence-electron chi connectivity index (χ4n) is 1.25. The summed E-state index contributed by atoms with van der Waals surface area (Å²) in [7, 11) is 1.67. The van der Waals surface area contributed by atoms with E-state index in [0.717, 1.165) is 12.8 Å². The van der Waals surface area contributed by atoms with Gasteiger partial charge in [0.1, 0.15) is 0 Å². The lowest BCUT2D eigenvalue weighted by Gasteiger charge is -2.04. The van der Waals surface area contributed by atoms with Crippen molar-refractivity contribution in [2.24, 2.45) is 13.0 Å². The van der Waals surface area contributed by atoms with E-state index in [2.05, 4.69) is 5.10 Å². The van der Waals surface area contributed by atoms with Crippen molar-refractivity contribution in [3.63, 3.8) is 0 Å². The van der Waals surface area contributed by atoms with Crippen LogP contribution in [-0.4, -0.2) is 22.4 Å². The van der Waals surface area contributed by atoms with Crippen molar-refractivity contribution >= 4 is 11.7 Å². The molecule has 1 saturated carbocycles. The number of esters is 1. The number of carbonyl (C=O) groups excluding carboxylic acids is 1. The average molecular weight is 195 g/mol. The second-order valence-electron chi connectivity index (χ2n) is 3.61. The zero-order chi connectivity index (χ0) is 10.1. The molecular weight excluding hydrogens is 182 g/mol. The highest BCUT2D eigenvalue weighted by Gasteiger charge is 2.24. The standard InChI is InChI=1S/C9H13N3O2/c1-12-8(7(10)4-11-12)9(13)14-5-6-2-3-6/h4,6H,2-3,5,10H2,1H3. The highest BCUT2D eigenvalue weighted by molar-refractivity contribution is 5.93. The molecule has 1 aromatic heterocycles. The van der Waals surface area contributed by atoms with Crippen LogP contribution in [0.4, 0.5) is 5.69 Å². The van der Waals surface area contributed by atoms with Gasteiger partial charge >= 0.3 is 5.97 Å². The number of aryl methyl sites for hydroxylation is 1. The van der Waals surface area contributed by atoms with E-state index >= 15 is 0 Å². The van der Waals surface area contributed by atoms with Crippen molar-refractivity contribution < 1.29 is 9.53 Å². The van der Waals surface area contributed by atoms with Crippen LogP contribution in [0.15, 0.2) is 6.20 Å². The normalized spacial score (nSPS) is 15.5. The summed E-state index contributed by atoms with van der Waals surface area (Å²) in [5.74, 6) is 0.183. The first-order valence-corrected chi connectivity index (χ1v) is 4.63. The summed E-state index contributed by atoms with van der Waals surface area (Å²) in [6, 6.07) is 0. The third kappa shape index (κ3) is 1.71. The van der Waals surface area contributed by atoms with Crippen molar-refractivity contribution in [2.75, 3.05) is 12.3 Å². The van der Waals surface area contributed by atoms with Crippen LogP contribution in [0.2, 0.25) is 0 Å². The van der Waals surface area contributed by atoms with Gasteiger partial charge in [0.05, 0.1) is 18.5 Å². The van der Waals surface area contributed by atoms with Crippen molar-refractivity contribution in [2.45, 2.75) is 12.8 Å². The van der Waals surface area contributed by atoms with E-state index in [1.54, 1.807) is 7.05 Å². The fourth-order valence-corrected chi connectivity index (χ4v) is 1.25. The Hall–Kier alpha value is -1.52. The van der Waals surface area contributed by atoms with Crippen LogP contribution in [-0.2, 0) is 11.8 Å². The SMILES string of the molecule is Cn1ncc(N)c1C(=O)OCC1CC1. The van der Waals surface area contributed by atoms with Gasteiger partial charge < -0.3 is 10.5 Å². The molecule has 0 unspecified atom stereocenters. The molecule has 1 heterocycles. The number of anilines is 1. The summed E-state index contributed by atoms with van der Waals surface area (Å²) in [5.41, 5.74) is 6.29. The number of hydrogen-bond donors (Lipinski definition) is 1. The van der Waals surface area contributed by atoms with E-state index in [1.165, 1.54) is 10.9 Å². The Kier molecular flexibility index (Phi) is 2.15. The summed E-state index contributed by atoms with van der Waals surface area (Å²) in [4.78, 5) is 11.5. The maximum atomic E-state index is 11.5. The van der Waals surface area contributed by atoms with Gasteiger partial charge in [0.25, 0.3) is 0 Å². The molecule has 14 heavy (non-hydrogen) atoms. The molecule has 1 fully saturated rings. The molecule has 5 nitrogen and oxygen atoms in total.